The number of aromatic nitrogens is 1. The Balaban J connectivity index is 2.12. The Morgan fingerprint density at radius 2 is 2.33 bits per heavy atom. The van der Waals surface area contributed by atoms with E-state index in [1.807, 2.05) is 23.9 Å². The van der Waals surface area contributed by atoms with Crippen molar-refractivity contribution in [2.24, 2.45) is 0 Å². The number of carbonyl (C=O) groups excluding carboxylic acids is 1. The third-order valence-corrected chi connectivity index (χ3v) is 4.13. The molecule has 6 heteroatoms. The lowest BCUT2D eigenvalue weighted by Gasteiger charge is -2.20. The van der Waals surface area contributed by atoms with E-state index in [-0.39, 0.29) is 18.7 Å². The number of amides is 1. The molecule has 1 atom stereocenters. The van der Waals surface area contributed by atoms with Crippen LogP contribution in [-0.4, -0.2) is 23.8 Å². The van der Waals surface area contributed by atoms with Crippen LogP contribution in [0.4, 0.5) is 0 Å². The van der Waals surface area contributed by atoms with Crippen molar-refractivity contribution in [2.45, 2.75) is 33.0 Å². The van der Waals surface area contributed by atoms with Gasteiger partial charge in [-0.05, 0) is 6.92 Å². The lowest BCUT2D eigenvalue weighted by Crippen LogP contribution is -2.49. The number of hydrogen-bond acceptors (Lipinski definition) is 4. The fourth-order valence-corrected chi connectivity index (χ4v) is 2.86. The lowest BCUT2D eigenvalue weighted by molar-refractivity contribution is -0.689. The molecule has 0 aliphatic carbocycles. The number of aliphatic hydroxyl groups excluding tert-OH is 1. The number of rotatable bonds is 4. The van der Waals surface area contributed by atoms with Gasteiger partial charge in [0.05, 0.1) is 16.6 Å². The van der Waals surface area contributed by atoms with E-state index in [2.05, 4.69) is 10.6 Å². The summed E-state index contributed by atoms with van der Waals surface area (Å²) in [6, 6.07) is 0. The lowest BCUT2D eigenvalue weighted by atomic mass is 10.2. The summed E-state index contributed by atoms with van der Waals surface area (Å²) in [4.78, 5) is 12.9. The standard InChI is InChI=1S/C12H17N3O2S/c1-8-11(3-4-16)18-7-15(8)6-10-5-13-9(2)14-12(10)17/h5,7,9,16H,3-4,6H2,1-2H3,(H-,13,14,17)/p+1/t9-/m1/s1. The second-order valence-corrected chi connectivity index (χ2v) is 5.30. The first-order chi connectivity index (χ1) is 8.61. The molecular weight excluding hydrogens is 250 g/mol. The monoisotopic (exact) mass is 268 g/mol. The molecule has 5 nitrogen and oxygen atoms in total. The molecular formula is C12H18N3O2S+. The molecule has 1 aliphatic heterocycles. The van der Waals surface area contributed by atoms with Crippen molar-refractivity contribution < 1.29 is 14.5 Å². The maximum absolute atomic E-state index is 11.8. The topological polar surface area (TPSA) is 65.2 Å². The Labute approximate surface area is 110 Å². The van der Waals surface area contributed by atoms with Crippen molar-refractivity contribution in [3.8, 4) is 0 Å². The van der Waals surface area contributed by atoms with E-state index in [9.17, 15) is 4.79 Å². The van der Waals surface area contributed by atoms with Crippen LogP contribution in [0.3, 0.4) is 0 Å². The van der Waals surface area contributed by atoms with E-state index < -0.39 is 0 Å². The van der Waals surface area contributed by atoms with Crippen molar-refractivity contribution >= 4 is 17.2 Å². The van der Waals surface area contributed by atoms with E-state index in [0.29, 0.717) is 13.0 Å². The highest BCUT2D eigenvalue weighted by Crippen LogP contribution is 2.12. The largest absolute Gasteiger partial charge is 0.396 e. The highest BCUT2D eigenvalue weighted by molar-refractivity contribution is 7.09. The Bertz CT molecular complexity index is 482. The van der Waals surface area contributed by atoms with Gasteiger partial charge in [-0.15, -0.1) is 0 Å². The highest BCUT2D eigenvalue weighted by atomic mass is 32.1. The minimum absolute atomic E-state index is 0.0141. The normalized spacial score (nSPS) is 19.2. The SMILES string of the molecule is Cc1c(CCO)sc[n+]1CC1=CN[C@@H](C)NC1=O. The van der Waals surface area contributed by atoms with Crippen molar-refractivity contribution in [1.82, 2.24) is 10.6 Å². The van der Waals surface area contributed by atoms with Gasteiger partial charge in [-0.2, -0.15) is 4.57 Å². The molecule has 0 radical (unpaired) electrons. The Kier molecular flexibility index (Phi) is 3.98. The highest BCUT2D eigenvalue weighted by Gasteiger charge is 2.23. The predicted molar refractivity (Wildman–Crippen MR) is 68.9 cm³/mol. The second kappa shape index (κ2) is 5.49. The summed E-state index contributed by atoms with van der Waals surface area (Å²) in [6.07, 6.45) is 2.43. The average Bonchev–Trinajstić information content (AvgIpc) is 2.66. The number of thiazole rings is 1. The molecule has 3 N–H and O–H groups in total. The van der Waals surface area contributed by atoms with Crippen LogP contribution in [0.15, 0.2) is 17.3 Å². The molecule has 0 unspecified atom stereocenters. The smallest absolute Gasteiger partial charge is 0.256 e. The van der Waals surface area contributed by atoms with Crippen LogP contribution in [0.25, 0.3) is 0 Å². The van der Waals surface area contributed by atoms with Gasteiger partial charge in [0.25, 0.3) is 5.91 Å². The Morgan fingerprint density at radius 1 is 1.56 bits per heavy atom. The number of hydrogen-bond donors (Lipinski definition) is 3. The summed E-state index contributed by atoms with van der Waals surface area (Å²) in [5, 5.41) is 14.9. The number of nitrogens with one attached hydrogen (secondary N) is 2. The van der Waals surface area contributed by atoms with Gasteiger partial charge in [0.1, 0.15) is 0 Å². The van der Waals surface area contributed by atoms with Crippen LogP contribution in [-0.2, 0) is 17.8 Å². The number of carbonyl (C=O) groups is 1. The summed E-state index contributed by atoms with van der Waals surface area (Å²) >= 11 is 1.61. The molecule has 18 heavy (non-hydrogen) atoms. The van der Waals surface area contributed by atoms with Gasteiger partial charge in [-0.1, -0.05) is 11.3 Å². The minimum atomic E-state index is -0.0249. The zero-order valence-electron chi connectivity index (χ0n) is 10.6. The molecule has 0 fully saturated rings. The Morgan fingerprint density at radius 3 is 3.00 bits per heavy atom. The van der Waals surface area contributed by atoms with Crippen molar-refractivity contribution in [2.75, 3.05) is 6.61 Å². The molecule has 2 heterocycles. The molecule has 0 saturated carbocycles. The summed E-state index contributed by atoms with van der Waals surface area (Å²) in [6.45, 7) is 4.62. The van der Waals surface area contributed by atoms with Crippen LogP contribution in [0.2, 0.25) is 0 Å². The van der Waals surface area contributed by atoms with Gasteiger partial charge in [0, 0.05) is 26.2 Å². The zero-order valence-corrected chi connectivity index (χ0v) is 11.4. The molecule has 0 saturated heterocycles. The fraction of sp³-hybridized carbons (Fsp3) is 0.500. The van der Waals surface area contributed by atoms with Gasteiger partial charge in [-0.3, -0.25) is 4.79 Å². The van der Waals surface area contributed by atoms with E-state index in [0.717, 1.165) is 16.1 Å². The third-order valence-electron chi connectivity index (χ3n) is 2.98. The molecule has 0 spiro atoms. The third kappa shape index (κ3) is 2.70. The van der Waals surface area contributed by atoms with Crippen LogP contribution in [0, 0.1) is 6.92 Å². The van der Waals surface area contributed by atoms with Crippen LogP contribution in [0.1, 0.15) is 17.5 Å². The van der Waals surface area contributed by atoms with Gasteiger partial charge >= 0.3 is 0 Å². The van der Waals surface area contributed by atoms with Crippen LogP contribution in [0.5, 0.6) is 0 Å². The van der Waals surface area contributed by atoms with E-state index >= 15 is 0 Å². The van der Waals surface area contributed by atoms with Gasteiger partial charge in [0.2, 0.25) is 5.51 Å². The van der Waals surface area contributed by atoms with E-state index in [1.165, 1.54) is 0 Å². The summed E-state index contributed by atoms with van der Waals surface area (Å²) in [5.41, 5.74) is 3.82. The minimum Gasteiger partial charge on any atom is -0.396 e. The molecule has 1 aliphatic rings. The summed E-state index contributed by atoms with van der Waals surface area (Å²) in [7, 11) is 0. The second-order valence-electron chi connectivity index (χ2n) is 4.36. The maximum atomic E-state index is 11.8. The van der Waals surface area contributed by atoms with Crippen molar-refractivity contribution in [1.29, 1.82) is 0 Å². The molecule has 1 amide bonds. The van der Waals surface area contributed by atoms with E-state index in [1.54, 1.807) is 17.5 Å². The Hall–Kier alpha value is -1.40. The summed E-state index contributed by atoms with van der Waals surface area (Å²) in [5.74, 6) is -0.0249. The van der Waals surface area contributed by atoms with Crippen molar-refractivity contribution in [3.05, 3.63) is 27.9 Å². The number of nitrogens with zero attached hydrogens (tertiary/aromatic N) is 1. The van der Waals surface area contributed by atoms with Gasteiger partial charge in [-0.25, -0.2) is 0 Å². The van der Waals surface area contributed by atoms with Gasteiger partial charge in [0.15, 0.2) is 12.2 Å². The summed E-state index contributed by atoms with van der Waals surface area (Å²) < 4.78 is 2.04. The molecule has 1 aromatic heterocycles. The molecule has 98 valence electrons. The van der Waals surface area contributed by atoms with Crippen molar-refractivity contribution in [3.63, 3.8) is 0 Å². The number of aliphatic hydroxyl groups is 1. The first-order valence-electron chi connectivity index (χ1n) is 5.95. The maximum Gasteiger partial charge on any atom is 0.256 e. The molecule has 0 aromatic carbocycles. The van der Waals surface area contributed by atoms with Crippen LogP contribution >= 0.6 is 11.3 Å². The average molecular weight is 268 g/mol. The molecule has 0 bridgehead atoms. The van der Waals surface area contributed by atoms with E-state index in [4.69, 9.17) is 5.11 Å². The van der Waals surface area contributed by atoms with Gasteiger partial charge < -0.3 is 15.7 Å². The molecule has 1 aromatic rings. The first-order valence-corrected chi connectivity index (χ1v) is 6.83. The quantitative estimate of drug-likeness (QED) is 0.664. The first kappa shape index (κ1) is 13.0. The molecule has 2 rings (SSSR count). The fourth-order valence-electron chi connectivity index (χ4n) is 1.87. The predicted octanol–water partition coefficient (Wildman–Crippen LogP) is -0.172. The zero-order chi connectivity index (χ0) is 13.1. The van der Waals surface area contributed by atoms with Crippen LogP contribution < -0.4 is 15.2 Å².